The Bertz CT molecular complexity index is 456. The van der Waals surface area contributed by atoms with Gasteiger partial charge >= 0.3 is 0 Å². The zero-order chi connectivity index (χ0) is 11.5. The summed E-state index contributed by atoms with van der Waals surface area (Å²) in [4.78, 5) is 11.5. The Morgan fingerprint density at radius 2 is 2.38 bits per heavy atom. The lowest BCUT2D eigenvalue weighted by Crippen LogP contribution is -2.19. The third-order valence-corrected chi connectivity index (χ3v) is 1.96. The molecule has 2 heterocycles. The van der Waals surface area contributed by atoms with E-state index in [2.05, 4.69) is 15.6 Å². The number of anilines is 1. The smallest absolute Gasteiger partial charge is 0.247 e. The van der Waals surface area contributed by atoms with Crippen LogP contribution in [-0.2, 0) is 11.3 Å². The van der Waals surface area contributed by atoms with Gasteiger partial charge in [0.15, 0.2) is 5.82 Å². The van der Waals surface area contributed by atoms with Gasteiger partial charge in [-0.2, -0.15) is 5.10 Å². The minimum Gasteiger partial charge on any atom is -0.360 e. The van der Waals surface area contributed by atoms with Gasteiger partial charge in [0, 0.05) is 12.3 Å². The molecular formula is C10H12N4O2. The summed E-state index contributed by atoms with van der Waals surface area (Å²) >= 11 is 0. The van der Waals surface area contributed by atoms with E-state index in [0.717, 1.165) is 5.56 Å². The molecular weight excluding hydrogens is 208 g/mol. The van der Waals surface area contributed by atoms with Crippen LogP contribution in [0.5, 0.6) is 0 Å². The van der Waals surface area contributed by atoms with Crippen molar-refractivity contribution in [1.82, 2.24) is 14.9 Å². The Hall–Kier alpha value is -2.11. The number of nitrogens with one attached hydrogen (secondary N) is 1. The average molecular weight is 220 g/mol. The highest BCUT2D eigenvalue weighted by Crippen LogP contribution is 2.06. The van der Waals surface area contributed by atoms with Crippen molar-refractivity contribution in [1.29, 1.82) is 0 Å². The van der Waals surface area contributed by atoms with E-state index >= 15 is 0 Å². The van der Waals surface area contributed by atoms with Gasteiger partial charge in [-0.25, -0.2) is 0 Å². The SMILES string of the molecule is Cc1cnn(CC(=O)Nc2cc(C)on2)c1. The van der Waals surface area contributed by atoms with E-state index in [-0.39, 0.29) is 12.5 Å². The van der Waals surface area contributed by atoms with E-state index in [1.54, 1.807) is 30.1 Å². The second kappa shape index (κ2) is 4.18. The molecule has 84 valence electrons. The summed E-state index contributed by atoms with van der Waals surface area (Å²) in [6.45, 7) is 3.85. The van der Waals surface area contributed by atoms with Crippen molar-refractivity contribution in [3.05, 3.63) is 29.8 Å². The highest BCUT2D eigenvalue weighted by molar-refractivity contribution is 5.89. The lowest BCUT2D eigenvalue weighted by atomic mass is 10.4. The highest BCUT2D eigenvalue weighted by atomic mass is 16.5. The van der Waals surface area contributed by atoms with E-state index in [1.807, 2.05) is 6.92 Å². The first-order valence-corrected chi connectivity index (χ1v) is 4.86. The Morgan fingerprint density at radius 3 is 2.94 bits per heavy atom. The number of rotatable bonds is 3. The minimum absolute atomic E-state index is 0.166. The Kier molecular flexibility index (Phi) is 2.72. The highest BCUT2D eigenvalue weighted by Gasteiger charge is 2.07. The lowest BCUT2D eigenvalue weighted by molar-refractivity contribution is -0.116. The molecule has 2 rings (SSSR count). The molecule has 0 atom stereocenters. The Balaban J connectivity index is 1.94. The second-order valence-electron chi connectivity index (χ2n) is 3.59. The maximum Gasteiger partial charge on any atom is 0.247 e. The number of aryl methyl sites for hydroxylation is 2. The van der Waals surface area contributed by atoms with E-state index < -0.39 is 0 Å². The van der Waals surface area contributed by atoms with Gasteiger partial charge in [0.05, 0.1) is 6.20 Å². The van der Waals surface area contributed by atoms with E-state index in [9.17, 15) is 4.79 Å². The second-order valence-corrected chi connectivity index (χ2v) is 3.59. The molecule has 2 aromatic rings. The third kappa shape index (κ3) is 2.47. The van der Waals surface area contributed by atoms with Crippen molar-refractivity contribution < 1.29 is 9.32 Å². The zero-order valence-corrected chi connectivity index (χ0v) is 9.10. The fourth-order valence-electron chi connectivity index (χ4n) is 1.31. The summed E-state index contributed by atoms with van der Waals surface area (Å²) in [6.07, 6.45) is 3.50. The van der Waals surface area contributed by atoms with Gasteiger partial charge in [-0.15, -0.1) is 0 Å². The van der Waals surface area contributed by atoms with Crippen molar-refractivity contribution in [3.8, 4) is 0 Å². The van der Waals surface area contributed by atoms with Crippen LogP contribution < -0.4 is 5.32 Å². The maximum absolute atomic E-state index is 11.5. The van der Waals surface area contributed by atoms with Gasteiger partial charge < -0.3 is 9.84 Å². The summed E-state index contributed by atoms with van der Waals surface area (Å²) in [5.41, 5.74) is 1.02. The predicted molar refractivity (Wildman–Crippen MR) is 56.8 cm³/mol. The number of carbonyl (C=O) groups excluding carboxylic acids is 1. The lowest BCUT2D eigenvalue weighted by Gasteiger charge is -2.00. The number of hydrogen-bond donors (Lipinski definition) is 1. The molecule has 0 aromatic carbocycles. The van der Waals surface area contributed by atoms with Crippen LogP contribution >= 0.6 is 0 Å². The molecule has 0 aliphatic heterocycles. The largest absolute Gasteiger partial charge is 0.360 e. The molecule has 16 heavy (non-hydrogen) atoms. The van der Waals surface area contributed by atoms with E-state index in [1.165, 1.54) is 0 Å². The molecule has 6 heteroatoms. The van der Waals surface area contributed by atoms with Gasteiger partial charge in [-0.1, -0.05) is 5.16 Å². The molecule has 1 N–H and O–H groups in total. The average Bonchev–Trinajstić information content (AvgIpc) is 2.76. The first-order valence-electron chi connectivity index (χ1n) is 4.86. The summed E-state index contributed by atoms with van der Waals surface area (Å²) in [5.74, 6) is 0.896. The maximum atomic E-state index is 11.5. The normalized spacial score (nSPS) is 10.4. The molecule has 0 spiro atoms. The monoisotopic (exact) mass is 220 g/mol. The van der Waals surface area contributed by atoms with Crippen molar-refractivity contribution in [2.75, 3.05) is 5.32 Å². The van der Waals surface area contributed by atoms with Crippen molar-refractivity contribution in [2.45, 2.75) is 20.4 Å². The topological polar surface area (TPSA) is 73.0 Å². The molecule has 0 aliphatic rings. The molecule has 2 aromatic heterocycles. The molecule has 1 amide bonds. The molecule has 0 bridgehead atoms. The van der Waals surface area contributed by atoms with E-state index in [0.29, 0.717) is 11.6 Å². The van der Waals surface area contributed by atoms with Gasteiger partial charge in [0.25, 0.3) is 0 Å². The minimum atomic E-state index is -0.184. The molecule has 0 unspecified atom stereocenters. The van der Waals surface area contributed by atoms with Gasteiger partial charge in [0.2, 0.25) is 5.91 Å². The van der Waals surface area contributed by atoms with Crippen molar-refractivity contribution in [3.63, 3.8) is 0 Å². The van der Waals surface area contributed by atoms with Crippen LogP contribution in [0.1, 0.15) is 11.3 Å². The molecule has 0 saturated heterocycles. The van der Waals surface area contributed by atoms with Crippen molar-refractivity contribution >= 4 is 11.7 Å². The quantitative estimate of drug-likeness (QED) is 0.841. The van der Waals surface area contributed by atoms with Gasteiger partial charge in [0.1, 0.15) is 12.3 Å². The first kappa shape index (κ1) is 10.4. The van der Waals surface area contributed by atoms with Crippen LogP contribution in [0.15, 0.2) is 23.0 Å². The molecule has 0 radical (unpaired) electrons. The number of carbonyl (C=O) groups is 1. The zero-order valence-electron chi connectivity index (χ0n) is 9.10. The van der Waals surface area contributed by atoms with Gasteiger partial charge in [-0.05, 0) is 19.4 Å². The van der Waals surface area contributed by atoms with Crippen molar-refractivity contribution in [2.24, 2.45) is 0 Å². The molecule has 0 saturated carbocycles. The van der Waals surface area contributed by atoms with Crippen LogP contribution in [0.2, 0.25) is 0 Å². The van der Waals surface area contributed by atoms with Crippen LogP contribution in [0.3, 0.4) is 0 Å². The fraction of sp³-hybridized carbons (Fsp3) is 0.300. The first-order chi connectivity index (χ1) is 7.63. The number of aromatic nitrogens is 3. The molecule has 6 nitrogen and oxygen atoms in total. The summed E-state index contributed by atoms with van der Waals surface area (Å²) in [6, 6.07) is 1.66. The van der Waals surface area contributed by atoms with Crippen LogP contribution in [-0.4, -0.2) is 20.8 Å². The van der Waals surface area contributed by atoms with Crippen LogP contribution in [0, 0.1) is 13.8 Å². The Labute approximate surface area is 92.2 Å². The summed E-state index contributed by atoms with van der Waals surface area (Å²) < 4.78 is 6.40. The molecule has 0 aliphatic carbocycles. The summed E-state index contributed by atoms with van der Waals surface area (Å²) in [7, 11) is 0. The third-order valence-electron chi connectivity index (χ3n) is 1.96. The van der Waals surface area contributed by atoms with Gasteiger partial charge in [-0.3, -0.25) is 9.48 Å². The number of hydrogen-bond acceptors (Lipinski definition) is 4. The van der Waals surface area contributed by atoms with E-state index in [4.69, 9.17) is 4.52 Å². The van der Waals surface area contributed by atoms with Crippen LogP contribution in [0.4, 0.5) is 5.82 Å². The predicted octanol–water partition coefficient (Wildman–Crippen LogP) is 1.13. The fourth-order valence-corrected chi connectivity index (χ4v) is 1.31. The number of amides is 1. The summed E-state index contributed by atoms with van der Waals surface area (Å²) in [5, 5.41) is 10.3. The van der Waals surface area contributed by atoms with Crippen LogP contribution in [0.25, 0.3) is 0 Å². The standard InChI is InChI=1S/C10H12N4O2/c1-7-4-11-14(5-7)6-10(15)12-9-3-8(2)16-13-9/h3-5H,6H2,1-2H3,(H,12,13,15). The Morgan fingerprint density at radius 1 is 1.56 bits per heavy atom. The molecule has 0 fully saturated rings. The number of nitrogens with zero attached hydrogens (tertiary/aromatic N) is 3.